The van der Waals surface area contributed by atoms with Gasteiger partial charge in [-0.15, -0.1) is 0 Å². The Balaban J connectivity index is 2.08. The van der Waals surface area contributed by atoms with Gasteiger partial charge in [0.05, 0.1) is 25.2 Å². The Kier molecular flexibility index (Phi) is 5.84. The highest BCUT2D eigenvalue weighted by molar-refractivity contribution is 7.92. The summed E-state index contributed by atoms with van der Waals surface area (Å²) in [5, 5.41) is 2.72. The normalized spacial score (nSPS) is 17.7. The average Bonchev–Trinajstić information content (AvgIpc) is 3.03. The summed E-state index contributed by atoms with van der Waals surface area (Å²) >= 11 is 0. The van der Waals surface area contributed by atoms with Gasteiger partial charge >= 0.3 is 0 Å². The number of hydrogen-bond acceptors (Lipinski definition) is 5. The van der Waals surface area contributed by atoms with E-state index in [2.05, 4.69) is 5.32 Å². The van der Waals surface area contributed by atoms with Gasteiger partial charge in [-0.1, -0.05) is 12.1 Å². The first kappa shape index (κ1) is 17.6. The van der Waals surface area contributed by atoms with E-state index in [9.17, 15) is 13.2 Å². The van der Waals surface area contributed by atoms with Crippen LogP contribution in [-0.2, 0) is 19.6 Å². The number of para-hydroxylation sites is 2. The molecule has 1 heterocycles. The third-order valence-corrected chi connectivity index (χ3v) is 4.72. The van der Waals surface area contributed by atoms with E-state index in [1.54, 1.807) is 24.3 Å². The maximum absolute atomic E-state index is 12.1. The molecule has 1 fully saturated rings. The maximum atomic E-state index is 12.1. The smallest absolute Gasteiger partial charge is 0.240 e. The van der Waals surface area contributed by atoms with E-state index in [0.717, 1.165) is 23.4 Å². The highest BCUT2D eigenvalue weighted by Gasteiger charge is 2.24. The molecule has 23 heavy (non-hydrogen) atoms. The molecule has 0 saturated carbocycles. The van der Waals surface area contributed by atoms with Crippen LogP contribution in [0.15, 0.2) is 24.3 Å². The molecule has 1 amide bonds. The van der Waals surface area contributed by atoms with Gasteiger partial charge in [-0.3, -0.25) is 9.10 Å². The number of amides is 1. The van der Waals surface area contributed by atoms with Crippen molar-refractivity contribution in [3.05, 3.63) is 24.3 Å². The second kappa shape index (κ2) is 7.65. The van der Waals surface area contributed by atoms with Gasteiger partial charge in [0.25, 0.3) is 0 Å². The molecule has 8 heteroatoms. The Morgan fingerprint density at radius 2 is 2.17 bits per heavy atom. The minimum absolute atomic E-state index is 0.0110. The molecule has 2 rings (SSSR count). The van der Waals surface area contributed by atoms with E-state index in [-0.39, 0.29) is 18.6 Å². The Morgan fingerprint density at radius 3 is 2.78 bits per heavy atom. The SMILES string of the molecule is COc1ccccc1N(CC(=O)NCC1CCCO1)S(C)(=O)=O. The number of hydrogen-bond donors (Lipinski definition) is 1. The first-order chi connectivity index (χ1) is 10.9. The molecule has 1 saturated heterocycles. The first-order valence-electron chi connectivity index (χ1n) is 7.41. The van der Waals surface area contributed by atoms with Crippen LogP contribution < -0.4 is 14.4 Å². The van der Waals surface area contributed by atoms with Crippen LogP contribution in [0, 0.1) is 0 Å². The summed E-state index contributed by atoms with van der Waals surface area (Å²) in [6.07, 6.45) is 2.96. The van der Waals surface area contributed by atoms with Gasteiger partial charge in [-0.2, -0.15) is 0 Å². The van der Waals surface area contributed by atoms with Crippen LogP contribution in [0.25, 0.3) is 0 Å². The zero-order valence-electron chi connectivity index (χ0n) is 13.3. The third-order valence-electron chi connectivity index (χ3n) is 3.59. The van der Waals surface area contributed by atoms with Crippen LogP contribution in [0.2, 0.25) is 0 Å². The largest absolute Gasteiger partial charge is 0.495 e. The number of methoxy groups -OCH3 is 1. The number of anilines is 1. The molecule has 128 valence electrons. The number of carbonyl (C=O) groups excluding carboxylic acids is 1. The van der Waals surface area contributed by atoms with E-state index in [1.807, 2.05) is 0 Å². The Labute approximate surface area is 136 Å². The number of ether oxygens (including phenoxy) is 2. The summed E-state index contributed by atoms with van der Waals surface area (Å²) in [5.74, 6) is 0.0154. The van der Waals surface area contributed by atoms with Crippen LogP contribution in [0.1, 0.15) is 12.8 Å². The molecular weight excluding hydrogens is 320 g/mol. The van der Waals surface area contributed by atoms with Crippen molar-refractivity contribution in [2.45, 2.75) is 18.9 Å². The maximum Gasteiger partial charge on any atom is 0.240 e. The van der Waals surface area contributed by atoms with Gasteiger partial charge < -0.3 is 14.8 Å². The van der Waals surface area contributed by atoms with Gasteiger partial charge in [0.2, 0.25) is 15.9 Å². The summed E-state index contributed by atoms with van der Waals surface area (Å²) in [5.41, 5.74) is 0.338. The Morgan fingerprint density at radius 1 is 1.43 bits per heavy atom. The summed E-state index contributed by atoms with van der Waals surface area (Å²) in [6, 6.07) is 6.69. The molecule has 0 bridgehead atoms. The molecule has 1 aliphatic rings. The molecule has 1 N–H and O–H groups in total. The number of carbonyl (C=O) groups is 1. The van der Waals surface area contributed by atoms with E-state index in [4.69, 9.17) is 9.47 Å². The van der Waals surface area contributed by atoms with Crippen molar-refractivity contribution in [1.82, 2.24) is 5.32 Å². The van der Waals surface area contributed by atoms with E-state index < -0.39 is 10.0 Å². The lowest BCUT2D eigenvalue weighted by Gasteiger charge is -2.24. The average molecular weight is 342 g/mol. The lowest BCUT2D eigenvalue weighted by molar-refractivity contribution is -0.120. The molecule has 0 radical (unpaired) electrons. The molecule has 7 nitrogen and oxygen atoms in total. The Bertz CT molecular complexity index is 641. The fraction of sp³-hybridized carbons (Fsp3) is 0.533. The summed E-state index contributed by atoms with van der Waals surface area (Å²) in [6.45, 7) is 0.797. The molecular formula is C15H22N2O5S. The van der Waals surface area contributed by atoms with Crippen molar-refractivity contribution in [1.29, 1.82) is 0 Å². The minimum atomic E-state index is -3.62. The van der Waals surface area contributed by atoms with Gasteiger partial charge in [-0.25, -0.2) is 8.42 Å². The van der Waals surface area contributed by atoms with E-state index >= 15 is 0 Å². The van der Waals surface area contributed by atoms with Crippen LogP contribution in [0.5, 0.6) is 5.75 Å². The van der Waals surface area contributed by atoms with Crippen molar-refractivity contribution in [3.63, 3.8) is 0 Å². The van der Waals surface area contributed by atoms with Crippen molar-refractivity contribution in [2.24, 2.45) is 0 Å². The van der Waals surface area contributed by atoms with Crippen LogP contribution in [0.3, 0.4) is 0 Å². The zero-order chi connectivity index (χ0) is 16.9. The molecule has 0 spiro atoms. The second-order valence-electron chi connectivity index (χ2n) is 5.38. The topological polar surface area (TPSA) is 84.9 Å². The minimum Gasteiger partial charge on any atom is -0.495 e. The number of nitrogens with one attached hydrogen (secondary N) is 1. The summed E-state index contributed by atoms with van der Waals surface area (Å²) in [7, 11) is -2.17. The van der Waals surface area contributed by atoms with Gasteiger partial charge in [0, 0.05) is 13.2 Å². The monoisotopic (exact) mass is 342 g/mol. The summed E-state index contributed by atoms with van der Waals surface area (Å²) in [4.78, 5) is 12.1. The highest BCUT2D eigenvalue weighted by atomic mass is 32.2. The molecule has 1 aromatic carbocycles. The molecule has 1 unspecified atom stereocenters. The third kappa shape index (κ3) is 4.84. The van der Waals surface area contributed by atoms with Crippen molar-refractivity contribution < 1.29 is 22.7 Å². The number of benzene rings is 1. The van der Waals surface area contributed by atoms with Crippen molar-refractivity contribution in [2.75, 3.05) is 37.4 Å². The lowest BCUT2D eigenvalue weighted by atomic mass is 10.2. The van der Waals surface area contributed by atoms with E-state index in [1.165, 1.54) is 7.11 Å². The predicted molar refractivity (Wildman–Crippen MR) is 87.2 cm³/mol. The van der Waals surface area contributed by atoms with Crippen LogP contribution in [0.4, 0.5) is 5.69 Å². The molecule has 0 aliphatic carbocycles. The van der Waals surface area contributed by atoms with E-state index in [0.29, 0.717) is 24.6 Å². The Hall–Kier alpha value is -1.80. The molecule has 0 aromatic heterocycles. The predicted octanol–water partition coefficient (Wildman–Crippen LogP) is 0.756. The van der Waals surface area contributed by atoms with Crippen molar-refractivity contribution in [3.8, 4) is 5.75 Å². The lowest BCUT2D eigenvalue weighted by Crippen LogP contribution is -2.42. The van der Waals surface area contributed by atoms with Crippen molar-refractivity contribution >= 4 is 21.6 Å². The van der Waals surface area contributed by atoms with Gasteiger partial charge in [-0.05, 0) is 25.0 Å². The summed E-state index contributed by atoms with van der Waals surface area (Å²) < 4.78 is 35.8. The van der Waals surface area contributed by atoms with Crippen LogP contribution in [-0.4, -0.2) is 53.5 Å². The number of sulfonamides is 1. The molecule has 1 aliphatic heterocycles. The zero-order valence-corrected chi connectivity index (χ0v) is 14.1. The number of nitrogens with zero attached hydrogens (tertiary/aromatic N) is 1. The van der Waals surface area contributed by atoms with Crippen LogP contribution >= 0.6 is 0 Å². The quantitative estimate of drug-likeness (QED) is 0.791. The first-order valence-corrected chi connectivity index (χ1v) is 9.25. The number of rotatable bonds is 7. The van der Waals surface area contributed by atoms with Gasteiger partial charge in [0.15, 0.2) is 0 Å². The fourth-order valence-electron chi connectivity index (χ4n) is 2.44. The molecule has 1 aromatic rings. The highest BCUT2D eigenvalue weighted by Crippen LogP contribution is 2.29. The standard InChI is InChI=1S/C15H22N2O5S/c1-21-14-8-4-3-7-13(14)17(23(2,19)20)11-15(18)16-10-12-6-5-9-22-12/h3-4,7-8,12H,5-6,9-11H2,1-2H3,(H,16,18). The van der Waals surface area contributed by atoms with Gasteiger partial charge in [0.1, 0.15) is 12.3 Å². The fourth-order valence-corrected chi connectivity index (χ4v) is 3.30. The molecule has 1 atom stereocenters. The second-order valence-corrected chi connectivity index (χ2v) is 7.29.